The molecular weight excluding hydrogens is 386 g/mol. The second kappa shape index (κ2) is 10.5. The van der Waals surface area contributed by atoms with Gasteiger partial charge in [-0.1, -0.05) is 50.6 Å². The van der Waals surface area contributed by atoms with Gasteiger partial charge in [-0.05, 0) is 50.5 Å². The van der Waals surface area contributed by atoms with Gasteiger partial charge in [0.25, 0.3) is 0 Å². The van der Waals surface area contributed by atoms with Crippen molar-refractivity contribution in [1.82, 2.24) is 14.9 Å². The standard InChI is InChI=1S/C26H35N3O2/c1-20-13-15-21(16-14-20)31-19-8-7-18-29-23-11-6-5-10-22(23)28-24(29)12-9-17-27-25(30)26(2,3)4/h5-6,10-11,13-16H,7-9,12,17-19H2,1-4H3,(H,27,30). The minimum Gasteiger partial charge on any atom is -0.494 e. The molecule has 0 aliphatic rings. The van der Waals surface area contributed by atoms with E-state index in [4.69, 9.17) is 9.72 Å². The fourth-order valence-corrected chi connectivity index (χ4v) is 3.48. The highest BCUT2D eigenvalue weighted by Crippen LogP contribution is 2.19. The van der Waals surface area contributed by atoms with Crippen LogP contribution in [-0.2, 0) is 17.8 Å². The first-order valence-corrected chi connectivity index (χ1v) is 11.3. The molecule has 0 saturated heterocycles. The lowest BCUT2D eigenvalue weighted by atomic mass is 9.96. The predicted octanol–water partition coefficient (Wildman–Crippen LogP) is 5.30. The lowest BCUT2D eigenvalue weighted by molar-refractivity contribution is -0.128. The van der Waals surface area contributed by atoms with E-state index in [1.807, 2.05) is 39.0 Å². The van der Waals surface area contributed by atoms with Crippen LogP contribution < -0.4 is 10.1 Å². The minimum absolute atomic E-state index is 0.0922. The van der Waals surface area contributed by atoms with Crippen molar-refractivity contribution in [2.24, 2.45) is 5.41 Å². The largest absolute Gasteiger partial charge is 0.494 e. The average molecular weight is 422 g/mol. The van der Waals surface area contributed by atoms with Crippen LogP contribution in [-0.4, -0.2) is 28.6 Å². The topological polar surface area (TPSA) is 56.1 Å². The molecule has 2 aromatic carbocycles. The Labute approximate surface area is 185 Å². The maximum absolute atomic E-state index is 12.1. The summed E-state index contributed by atoms with van der Waals surface area (Å²) in [7, 11) is 0. The van der Waals surface area contributed by atoms with Crippen molar-refractivity contribution in [3.63, 3.8) is 0 Å². The van der Waals surface area contributed by atoms with Crippen LogP contribution in [0.2, 0.25) is 0 Å². The third-order valence-corrected chi connectivity index (χ3v) is 5.34. The van der Waals surface area contributed by atoms with Crippen molar-refractivity contribution in [3.8, 4) is 5.75 Å². The van der Waals surface area contributed by atoms with E-state index in [2.05, 4.69) is 47.1 Å². The maximum atomic E-state index is 12.1. The number of ether oxygens (including phenoxy) is 1. The van der Waals surface area contributed by atoms with E-state index in [9.17, 15) is 4.79 Å². The Bertz CT molecular complexity index is 984. The summed E-state index contributed by atoms with van der Waals surface area (Å²) in [5.74, 6) is 2.11. The van der Waals surface area contributed by atoms with Crippen LogP contribution >= 0.6 is 0 Å². The summed E-state index contributed by atoms with van der Waals surface area (Å²) >= 11 is 0. The van der Waals surface area contributed by atoms with Crippen LogP contribution in [0.3, 0.4) is 0 Å². The summed E-state index contributed by atoms with van der Waals surface area (Å²) in [4.78, 5) is 16.9. The van der Waals surface area contributed by atoms with E-state index in [0.717, 1.165) is 49.3 Å². The van der Waals surface area contributed by atoms with Crippen molar-refractivity contribution in [2.45, 2.75) is 59.9 Å². The monoisotopic (exact) mass is 421 g/mol. The van der Waals surface area contributed by atoms with E-state index in [1.165, 1.54) is 11.1 Å². The number of nitrogens with zero attached hydrogens (tertiary/aromatic N) is 2. The molecule has 5 heteroatoms. The molecule has 5 nitrogen and oxygen atoms in total. The normalized spacial score (nSPS) is 11.6. The molecule has 0 aliphatic carbocycles. The van der Waals surface area contributed by atoms with E-state index in [-0.39, 0.29) is 11.3 Å². The van der Waals surface area contributed by atoms with Crippen LogP contribution in [0.15, 0.2) is 48.5 Å². The van der Waals surface area contributed by atoms with Gasteiger partial charge in [0, 0.05) is 24.9 Å². The SMILES string of the molecule is Cc1ccc(OCCCCn2c(CCCNC(=O)C(C)(C)C)nc3ccccc32)cc1. The molecule has 0 bridgehead atoms. The minimum atomic E-state index is -0.353. The van der Waals surface area contributed by atoms with Crippen LogP contribution in [0.5, 0.6) is 5.75 Å². The van der Waals surface area contributed by atoms with E-state index < -0.39 is 0 Å². The fraction of sp³-hybridized carbons (Fsp3) is 0.462. The molecule has 1 amide bonds. The molecule has 3 rings (SSSR count). The number of hydrogen-bond acceptors (Lipinski definition) is 3. The zero-order chi connectivity index (χ0) is 22.3. The number of benzene rings is 2. The van der Waals surface area contributed by atoms with Gasteiger partial charge >= 0.3 is 0 Å². The van der Waals surface area contributed by atoms with Crippen molar-refractivity contribution in [2.75, 3.05) is 13.2 Å². The Hall–Kier alpha value is -2.82. The Morgan fingerprint density at radius 3 is 2.52 bits per heavy atom. The molecule has 0 aliphatic heterocycles. The quantitative estimate of drug-likeness (QED) is 0.452. The first-order chi connectivity index (χ1) is 14.8. The van der Waals surface area contributed by atoms with Gasteiger partial charge in [0.15, 0.2) is 0 Å². The lowest BCUT2D eigenvalue weighted by Crippen LogP contribution is -2.35. The van der Waals surface area contributed by atoms with Crippen molar-refractivity contribution >= 4 is 16.9 Å². The molecule has 0 unspecified atom stereocenters. The Morgan fingerprint density at radius 1 is 1.03 bits per heavy atom. The van der Waals surface area contributed by atoms with Gasteiger partial charge in [-0.15, -0.1) is 0 Å². The van der Waals surface area contributed by atoms with Gasteiger partial charge in [-0.2, -0.15) is 0 Å². The van der Waals surface area contributed by atoms with E-state index in [0.29, 0.717) is 13.2 Å². The molecule has 0 fully saturated rings. The smallest absolute Gasteiger partial charge is 0.225 e. The number of aromatic nitrogens is 2. The summed E-state index contributed by atoms with van der Waals surface area (Å²) < 4.78 is 8.19. The zero-order valence-corrected chi connectivity index (χ0v) is 19.3. The lowest BCUT2D eigenvalue weighted by Gasteiger charge is -2.17. The molecule has 3 aromatic rings. The summed E-state index contributed by atoms with van der Waals surface area (Å²) in [6, 6.07) is 16.5. The van der Waals surface area contributed by atoms with E-state index >= 15 is 0 Å². The Balaban J connectivity index is 1.52. The van der Waals surface area contributed by atoms with Crippen molar-refractivity contribution in [3.05, 3.63) is 59.9 Å². The fourth-order valence-electron chi connectivity index (χ4n) is 3.48. The number of para-hydroxylation sites is 2. The van der Waals surface area contributed by atoms with Gasteiger partial charge in [-0.25, -0.2) is 4.98 Å². The molecule has 0 radical (unpaired) electrons. The van der Waals surface area contributed by atoms with Crippen molar-refractivity contribution in [1.29, 1.82) is 0 Å². The third-order valence-electron chi connectivity index (χ3n) is 5.34. The number of unbranched alkanes of at least 4 members (excludes halogenated alkanes) is 1. The summed E-state index contributed by atoms with van der Waals surface area (Å²) in [6.07, 6.45) is 3.74. The van der Waals surface area contributed by atoms with E-state index in [1.54, 1.807) is 0 Å². The van der Waals surface area contributed by atoms with Gasteiger partial charge in [0.2, 0.25) is 5.91 Å². The van der Waals surface area contributed by atoms with Crippen LogP contribution in [0.1, 0.15) is 51.4 Å². The second-order valence-electron chi connectivity index (χ2n) is 9.15. The number of carbonyl (C=O) groups excluding carboxylic acids is 1. The molecule has 1 heterocycles. The van der Waals surface area contributed by atoms with Crippen LogP contribution in [0.25, 0.3) is 11.0 Å². The average Bonchev–Trinajstić information content (AvgIpc) is 3.09. The molecular formula is C26H35N3O2. The predicted molar refractivity (Wildman–Crippen MR) is 126 cm³/mol. The second-order valence-corrected chi connectivity index (χ2v) is 9.15. The number of nitrogens with one attached hydrogen (secondary N) is 1. The molecule has 0 spiro atoms. The maximum Gasteiger partial charge on any atom is 0.225 e. The number of imidazole rings is 1. The molecule has 31 heavy (non-hydrogen) atoms. The first kappa shape index (κ1) is 22.9. The van der Waals surface area contributed by atoms with Gasteiger partial charge in [0.1, 0.15) is 11.6 Å². The number of aryl methyl sites for hydroxylation is 3. The highest BCUT2D eigenvalue weighted by Gasteiger charge is 2.20. The number of fused-ring (bicyclic) bond motifs is 1. The molecule has 166 valence electrons. The van der Waals surface area contributed by atoms with Crippen LogP contribution in [0.4, 0.5) is 0 Å². The van der Waals surface area contributed by atoms with Gasteiger partial charge in [-0.3, -0.25) is 4.79 Å². The summed E-state index contributed by atoms with van der Waals surface area (Å²) in [5, 5.41) is 3.03. The molecule has 0 saturated carbocycles. The summed E-state index contributed by atoms with van der Waals surface area (Å²) in [5.41, 5.74) is 3.10. The van der Waals surface area contributed by atoms with Crippen LogP contribution in [0, 0.1) is 12.3 Å². The molecule has 0 atom stereocenters. The first-order valence-electron chi connectivity index (χ1n) is 11.3. The highest BCUT2D eigenvalue weighted by atomic mass is 16.5. The number of hydrogen-bond donors (Lipinski definition) is 1. The Kier molecular flexibility index (Phi) is 7.72. The van der Waals surface area contributed by atoms with Crippen molar-refractivity contribution < 1.29 is 9.53 Å². The number of carbonyl (C=O) groups is 1. The third kappa shape index (κ3) is 6.58. The Morgan fingerprint density at radius 2 is 1.77 bits per heavy atom. The summed E-state index contributed by atoms with van der Waals surface area (Å²) in [6.45, 7) is 10.2. The number of amides is 1. The molecule has 1 N–H and O–H groups in total. The van der Waals surface area contributed by atoms with Gasteiger partial charge < -0.3 is 14.6 Å². The number of rotatable bonds is 10. The van der Waals surface area contributed by atoms with Gasteiger partial charge in [0.05, 0.1) is 17.6 Å². The molecule has 1 aromatic heterocycles. The highest BCUT2D eigenvalue weighted by molar-refractivity contribution is 5.81. The zero-order valence-electron chi connectivity index (χ0n) is 19.3.